The maximum absolute atomic E-state index is 11.8. The molecule has 0 fully saturated rings. The minimum Gasteiger partial charge on any atom is -0.481 e. The van der Waals surface area contributed by atoms with E-state index in [1.54, 1.807) is 13.0 Å². The van der Waals surface area contributed by atoms with Gasteiger partial charge < -0.3 is 10.4 Å². The van der Waals surface area contributed by atoms with Crippen LogP contribution in [0.25, 0.3) is 0 Å². The van der Waals surface area contributed by atoms with E-state index in [2.05, 4.69) is 5.32 Å². The number of benzene rings is 1. The van der Waals surface area contributed by atoms with Gasteiger partial charge in [-0.3, -0.25) is 9.59 Å². The van der Waals surface area contributed by atoms with Gasteiger partial charge in [0.2, 0.25) is 5.91 Å². The molecule has 1 rings (SSSR count). The Morgan fingerprint density at radius 3 is 2.29 bits per heavy atom. The summed E-state index contributed by atoms with van der Waals surface area (Å²) in [5.41, 5.74) is 1.68. The van der Waals surface area contributed by atoms with Crippen LogP contribution in [-0.4, -0.2) is 17.0 Å². The highest BCUT2D eigenvalue weighted by atomic mass is 16.4. The van der Waals surface area contributed by atoms with Gasteiger partial charge in [-0.2, -0.15) is 0 Å². The molecule has 4 nitrogen and oxygen atoms in total. The van der Waals surface area contributed by atoms with Crippen molar-refractivity contribution in [1.82, 2.24) is 0 Å². The van der Waals surface area contributed by atoms with Crippen molar-refractivity contribution in [3.63, 3.8) is 0 Å². The number of amides is 1. The van der Waals surface area contributed by atoms with Crippen LogP contribution in [0.15, 0.2) is 24.3 Å². The molecule has 0 radical (unpaired) electrons. The van der Waals surface area contributed by atoms with Crippen molar-refractivity contribution < 1.29 is 14.7 Å². The van der Waals surface area contributed by atoms with Gasteiger partial charge in [-0.1, -0.05) is 32.0 Å². The van der Waals surface area contributed by atoms with Crippen molar-refractivity contribution in [3.8, 4) is 0 Å². The second-order valence-electron chi connectivity index (χ2n) is 4.22. The van der Waals surface area contributed by atoms with Gasteiger partial charge in [-0.05, 0) is 18.6 Å². The van der Waals surface area contributed by atoms with Gasteiger partial charge in [0.05, 0.1) is 5.92 Å². The first-order valence-corrected chi connectivity index (χ1v) is 5.52. The quantitative estimate of drug-likeness (QED) is 0.841. The maximum Gasteiger partial charge on any atom is 0.307 e. The molecule has 0 aromatic heterocycles. The van der Waals surface area contributed by atoms with Crippen LogP contribution in [0.3, 0.4) is 0 Å². The van der Waals surface area contributed by atoms with Gasteiger partial charge in [0.1, 0.15) is 0 Å². The number of para-hydroxylation sites is 1. The Kier molecular flexibility index (Phi) is 4.26. The van der Waals surface area contributed by atoms with E-state index in [-0.39, 0.29) is 5.91 Å². The number of rotatable bonds is 4. The molecule has 0 aliphatic heterocycles. The standard InChI is InChI=1S/C13H17NO3/c1-8-6-4-5-7-11(8)14-12(15)9(2)10(3)13(16)17/h4-7,9-10H,1-3H3,(H,14,15)(H,16,17). The van der Waals surface area contributed by atoms with E-state index in [1.165, 1.54) is 6.92 Å². The minimum atomic E-state index is -0.961. The summed E-state index contributed by atoms with van der Waals surface area (Å²) >= 11 is 0. The highest BCUT2D eigenvalue weighted by molar-refractivity contribution is 5.95. The molecule has 0 aliphatic rings. The van der Waals surface area contributed by atoms with Crippen LogP contribution < -0.4 is 5.32 Å². The summed E-state index contributed by atoms with van der Waals surface area (Å²) in [5.74, 6) is -2.49. The van der Waals surface area contributed by atoms with Gasteiger partial charge in [0.15, 0.2) is 0 Å². The summed E-state index contributed by atoms with van der Waals surface area (Å²) in [7, 11) is 0. The van der Waals surface area contributed by atoms with Crippen molar-refractivity contribution in [2.45, 2.75) is 20.8 Å². The summed E-state index contributed by atoms with van der Waals surface area (Å²) in [4.78, 5) is 22.6. The first kappa shape index (κ1) is 13.2. The second-order valence-corrected chi connectivity index (χ2v) is 4.22. The summed E-state index contributed by atoms with van der Waals surface area (Å²) < 4.78 is 0. The average Bonchev–Trinajstić information content (AvgIpc) is 2.30. The van der Waals surface area contributed by atoms with E-state index in [0.717, 1.165) is 11.3 Å². The van der Waals surface area contributed by atoms with Crippen LogP contribution in [0.5, 0.6) is 0 Å². The molecular formula is C13H17NO3. The molecule has 0 saturated heterocycles. The van der Waals surface area contributed by atoms with E-state index in [1.807, 2.05) is 25.1 Å². The normalized spacial score (nSPS) is 13.8. The third-order valence-corrected chi connectivity index (χ3v) is 2.96. The molecular weight excluding hydrogens is 218 g/mol. The van der Waals surface area contributed by atoms with Crippen LogP contribution >= 0.6 is 0 Å². The van der Waals surface area contributed by atoms with Gasteiger partial charge in [0.25, 0.3) is 0 Å². The van der Waals surface area contributed by atoms with Crippen molar-refractivity contribution in [2.24, 2.45) is 11.8 Å². The lowest BCUT2D eigenvalue weighted by Gasteiger charge is -2.16. The molecule has 1 aromatic carbocycles. The molecule has 17 heavy (non-hydrogen) atoms. The molecule has 2 N–H and O–H groups in total. The highest BCUT2D eigenvalue weighted by Crippen LogP contribution is 2.17. The predicted octanol–water partition coefficient (Wildman–Crippen LogP) is 2.29. The molecule has 0 saturated carbocycles. The second kappa shape index (κ2) is 5.48. The number of carbonyl (C=O) groups is 2. The molecule has 0 aliphatic carbocycles. The van der Waals surface area contributed by atoms with E-state index >= 15 is 0 Å². The van der Waals surface area contributed by atoms with Crippen molar-refractivity contribution in [2.75, 3.05) is 5.32 Å². The Hall–Kier alpha value is -1.84. The maximum atomic E-state index is 11.8. The van der Waals surface area contributed by atoms with Crippen LogP contribution in [0.4, 0.5) is 5.69 Å². The zero-order chi connectivity index (χ0) is 13.0. The number of carboxylic acid groups (broad SMARTS) is 1. The first-order chi connectivity index (χ1) is 7.93. The number of aliphatic carboxylic acids is 1. The molecule has 92 valence electrons. The first-order valence-electron chi connectivity index (χ1n) is 5.52. The zero-order valence-corrected chi connectivity index (χ0v) is 10.2. The Balaban J connectivity index is 2.73. The smallest absolute Gasteiger partial charge is 0.307 e. The number of carboxylic acids is 1. The zero-order valence-electron chi connectivity index (χ0n) is 10.2. The van der Waals surface area contributed by atoms with Crippen molar-refractivity contribution >= 4 is 17.6 Å². The number of aryl methyl sites for hydroxylation is 1. The molecule has 0 spiro atoms. The SMILES string of the molecule is Cc1ccccc1NC(=O)C(C)C(C)C(=O)O. The Morgan fingerprint density at radius 2 is 1.76 bits per heavy atom. The highest BCUT2D eigenvalue weighted by Gasteiger charge is 2.25. The fourth-order valence-electron chi connectivity index (χ4n) is 1.40. The van der Waals surface area contributed by atoms with Crippen LogP contribution in [0.1, 0.15) is 19.4 Å². The Morgan fingerprint density at radius 1 is 1.18 bits per heavy atom. The summed E-state index contributed by atoms with van der Waals surface area (Å²) in [6.45, 7) is 5.04. The summed E-state index contributed by atoms with van der Waals surface area (Å²) in [5, 5.41) is 11.6. The lowest BCUT2D eigenvalue weighted by atomic mass is 9.95. The van der Waals surface area contributed by atoms with Gasteiger partial charge in [0, 0.05) is 11.6 Å². The van der Waals surface area contributed by atoms with Crippen molar-refractivity contribution in [1.29, 1.82) is 0 Å². The Labute approximate surface area is 101 Å². The van der Waals surface area contributed by atoms with E-state index in [0.29, 0.717) is 0 Å². The molecule has 2 atom stereocenters. The lowest BCUT2D eigenvalue weighted by Crippen LogP contribution is -2.30. The number of carbonyl (C=O) groups excluding carboxylic acids is 1. The largest absolute Gasteiger partial charge is 0.481 e. The molecule has 0 heterocycles. The van der Waals surface area contributed by atoms with E-state index in [4.69, 9.17) is 5.11 Å². The minimum absolute atomic E-state index is 0.269. The van der Waals surface area contributed by atoms with Gasteiger partial charge in [-0.25, -0.2) is 0 Å². The fraction of sp³-hybridized carbons (Fsp3) is 0.385. The number of anilines is 1. The monoisotopic (exact) mass is 235 g/mol. The van der Waals surface area contributed by atoms with Crippen molar-refractivity contribution in [3.05, 3.63) is 29.8 Å². The number of nitrogens with one attached hydrogen (secondary N) is 1. The van der Waals surface area contributed by atoms with E-state index < -0.39 is 17.8 Å². The molecule has 1 aromatic rings. The third kappa shape index (κ3) is 3.31. The third-order valence-electron chi connectivity index (χ3n) is 2.96. The van der Waals surface area contributed by atoms with Crippen LogP contribution in [-0.2, 0) is 9.59 Å². The number of hydrogen-bond donors (Lipinski definition) is 2. The van der Waals surface area contributed by atoms with Gasteiger partial charge in [-0.15, -0.1) is 0 Å². The molecule has 4 heteroatoms. The Bertz CT molecular complexity index is 428. The van der Waals surface area contributed by atoms with Crippen LogP contribution in [0, 0.1) is 18.8 Å². The van der Waals surface area contributed by atoms with Gasteiger partial charge >= 0.3 is 5.97 Å². The predicted molar refractivity (Wildman–Crippen MR) is 65.8 cm³/mol. The summed E-state index contributed by atoms with van der Waals surface area (Å²) in [6.07, 6.45) is 0. The van der Waals surface area contributed by atoms with E-state index in [9.17, 15) is 9.59 Å². The lowest BCUT2D eigenvalue weighted by molar-refractivity contribution is -0.145. The van der Waals surface area contributed by atoms with Crippen LogP contribution in [0.2, 0.25) is 0 Å². The molecule has 0 bridgehead atoms. The molecule has 2 unspecified atom stereocenters. The average molecular weight is 235 g/mol. The number of hydrogen-bond acceptors (Lipinski definition) is 2. The summed E-state index contributed by atoms with van der Waals surface area (Å²) in [6, 6.07) is 7.40. The molecule has 1 amide bonds. The fourth-order valence-corrected chi connectivity index (χ4v) is 1.40. The topological polar surface area (TPSA) is 66.4 Å².